The van der Waals surface area contributed by atoms with Gasteiger partial charge in [-0.3, -0.25) is 4.90 Å². The third-order valence-electron chi connectivity index (χ3n) is 4.82. The standard InChI is InChI=1S/C13H13N3O.C6H4/c1-3-10-5-4-8-14-11(10)16-9-13(6-7-13)15(2)12(16)17;1-2-5-4-6(5)3-1/h1,4-5,8H,6-7,9H2,2H3;1-4H. The molecule has 2 heterocycles. The van der Waals surface area contributed by atoms with Crippen molar-refractivity contribution in [2.45, 2.75) is 18.4 Å². The molecule has 1 aromatic heterocycles. The fraction of sp³-hybridized carbons (Fsp3) is 0.263. The molecule has 1 aromatic rings. The Morgan fingerprint density at radius 1 is 1.22 bits per heavy atom. The summed E-state index contributed by atoms with van der Waals surface area (Å²) < 4.78 is 0. The lowest BCUT2D eigenvalue weighted by molar-refractivity contribution is 0.215. The second-order valence-corrected chi connectivity index (χ2v) is 6.25. The van der Waals surface area contributed by atoms with E-state index in [9.17, 15) is 4.79 Å². The van der Waals surface area contributed by atoms with E-state index >= 15 is 0 Å². The molecule has 4 heteroatoms. The van der Waals surface area contributed by atoms with E-state index in [1.165, 1.54) is 11.1 Å². The Morgan fingerprint density at radius 3 is 2.43 bits per heavy atom. The molecule has 1 saturated carbocycles. The van der Waals surface area contributed by atoms with Gasteiger partial charge < -0.3 is 4.90 Å². The minimum absolute atomic E-state index is 0.00213. The van der Waals surface area contributed by atoms with E-state index in [-0.39, 0.29) is 11.6 Å². The molecule has 1 spiro atoms. The van der Waals surface area contributed by atoms with Crippen LogP contribution in [0.2, 0.25) is 0 Å². The van der Waals surface area contributed by atoms with Crippen LogP contribution in [0.1, 0.15) is 18.4 Å². The lowest BCUT2D eigenvalue weighted by atomic mass is 10.2. The third-order valence-corrected chi connectivity index (χ3v) is 4.82. The van der Waals surface area contributed by atoms with Crippen molar-refractivity contribution < 1.29 is 4.79 Å². The summed E-state index contributed by atoms with van der Waals surface area (Å²) in [5.41, 5.74) is 3.57. The highest BCUT2D eigenvalue weighted by atomic mass is 16.2. The first-order valence-corrected chi connectivity index (χ1v) is 7.72. The van der Waals surface area contributed by atoms with Crippen molar-refractivity contribution in [1.29, 1.82) is 0 Å². The molecule has 4 nitrogen and oxygen atoms in total. The van der Waals surface area contributed by atoms with Crippen LogP contribution in [0.5, 0.6) is 0 Å². The zero-order valence-electron chi connectivity index (χ0n) is 13.0. The Hall–Kier alpha value is -2.80. The maximum absolute atomic E-state index is 12.2. The fourth-order valence-electron chi connectivity index (χ4n) is 3.06. The maximum Gasteiger partial charge on any atom is 0.326 e. The average molecular weight is 303 g/mol. The van der Waals surface area contributed by atoms with Crippen LogP contribution in [0.25, 0.3) is 11.1 Å². The van der Waals surface area contributed by atoms with Crippen molar-refractivity contribution in [2.75, 3.05) is 18.5 Å². The van der Waals surface area contributed by atoms with Crippen LogP contribution in [0.15, 0.2) is 42.6 Å². The zero-order valence-corrected chi connectivity index (χ0v) is 13.0. The Balaban J connectivity index is 0.000000186. The topological polar surface area (TPSA) is 36.4 Å². The van der Waals surface area contributed by atoms with E-state index < -0.39 is 0 Å². The van der Waals surface area contributed by atoms with Gasteiger partial charge >= 0.3 is 6.03 Å². The average Bonchev–Trinajstić information content (AvgIpc) is 3.48. The Labute approximate surface area is 135 Å². The lowest BCUT2D eigenvalue weighted by Gasteiger charge is -2.16. The molecule has 0 radical (unpaired) electrons. The number of aromatic nitrogens is 1. The number of likely N-dealkylation sites (N-methyl/N-ethyl adjacent to an activating group) is 1. The molecule has 5 rings (SSSR count). The van der Waals surface area contributed by atoms with E-state index in [4.69, 9.17) is 6.42 Å². The summed E-state index contributed by atoms with van der Waals surface area (Å²) in [5.74, 6) is 3.19. The lowest BCUT2D eigenvalue weighted by Crippen LogP contribution is -2.32. The van der Waals surface area contributed by atoms with Crippen LogP contribution in [-0.4, -0.2) is 35.0 Å². The van der Waals surface area contributed by atoms with Gasteiger partial charge in [0, 0.05) is 13.2 Å². The van der Waals surface area contributed by atoms with Crippen LogP contribution >= 0.6 is 0 Å². The van der Waals surface area contributed by atoms with Gasteiger partial charge in [-0.15, -0.1) is 6.42 Å². The molecule has 3 aliphatic carbocycles. The van der Waals surface area contributed by atoms with Gasteiger partial charge in [0.15, 0.2) is 5.82 Å². The number of hydrogen-bond donors (Lipinski definition) is 0. The van der Waals surface area contributed by atoms with E-state index in [0.29, 0.717) is 17.9 Å². The van der Waals surface area contributed by atoms with Crippen LogP contribution in [-0.2, 0) is 0 Å². The molecule has 4 aliphatic rings. The minimum atomic E-state index is -0.00213. The number of pyridine rings is 1. The summed E-state index contributed by atoms with van der Waals surface area (Å²) in [6, 6.07) is 12.1. The number of benzene rings is 1. The molecule has 1 saturated heterocycles. The van der Waals surface area contributed by atoms with Crippen LogP contribution in [0.3, 0.4) is 0 Å². The van der Waals surface area contributed by atoms with Crippen LogP contribution in [0.4, 0.5) is 10.6 Å². The summed E-state index contributed by atoms with van der Waals surface area (Å²) in [6.45, 7) is 0.702. The largest absolute Gasteiger partial charge is 0.326 e. The first kappa shape index (κ1) is 13.8. The second-order valence-electron chi connectivity index (χ2n) is 6.25. The number of rotatable bonds is 1. The predicted molar refractivity (Wildman–Crippen MR) is 90.1 cm³/mol. The van der Waals surface area contributed by atoms with Gasteiger partial charge in [0.2, 0.25) is 0 Å². The molecule has 1 aliphatic heterocycles. The first-order chi connectivity index (χ1) is 11.1. The first-order valence-electron chi connectivity index (χ1n) is 7.72. The normalized spacial score (nSPS) is 18.3. The predicted octanol–water partition coefficient (Wildman–Crippen LogP) is 3.13. The SMILES string of the molecule is C#Cc1cccnc1N1CC2(CC2)N(C)C1=O.c1cc2cc-2c1. The monoisotopic (exact) mass is 303 g/mol. The number of terminal acetylenes is 1. The number of amides is 2. The summed E-state index contributed by atoms with van der Waals surface area (Å²) >= 11 is 0. The quantitative estimate of drug-likeness (QED) is 0.648. The van der Waals surface area contributed by atoms with E-state index in [1.54, 1.807) is 17.2 Å². The van der Waals surface area contributed by atoms with Gasteiger partial charge in [0.1, 0.15) is 0 Å². The number of anilines is 1. The molecule has 2 amide bonds. The zero-order chi connectivity index (χ0) is 16.0. The highest BCUT2D eigenvalue weighted by Crippen LogP contribution is 2.46. The third kappa shape index (κ3) is 2.25. The van der Waals surface area contributed by atoms with Crippen molar-refractivity contribution in [2.24, 2.45) is 0 Å². The van der Waals surface area contributed by atoms with E-state index in [0.717, 1.165) is 12.8 Å². The smallest absolute Gasteiger partial charge is 0.320 e. The van der Waals surface area contributed by atoms with Gasteiger partial charge in [0.25, 0.3) is 0 Å². The molecule has 0 aromatic carbocycles. The van der Waals surface area contributed by atoms with Crippen molar-refractivity contribution in [3.05, 3.63) is 48.2 Å². The van der Waals surface area contributed by atoms with Gasteiger partial charge in [0.05, 0.1) is 17.6 Å². The van der Waals surface area contributed by atoms with Crippen molar-refractivity contribution >= 4 is 11.8 Å². The highest BCUT2D eigenvalue weighted by molar-refractivity contribution is 5.96. The number of nitrogens with zero attached hydrogens (tertiary/aromatic N) is 3. The van der Waals surface area contributed by atoms with E-state index in [2.05, 4.69) is 35.2 Å². The number of urea groups is 1. The summed E-state index contributed by atoms with van der Waals surface area (Å²) in [4.78, 5) is 19.9. The van der Waals surface area contributed by atoms with Crippen molar-refractivity contribution in [3.63, 3.8) is 0 Å². The van der Waals surface area contributed by atoms with Crippen LogP contribution in [0, 0.1) is 12.3 Å². The number of carbonyl (C=O) groups excluding carboxylic acids is 1. The van der Waals surface area contributed by atoms with Gasteiger partial charge in [-0.05, 0) is 42.2 Å². The molecule has 114 valence electrons. The van der Waals surface area contributed by atoms with Crippen molar-refractivity contribution in [3.8, 4) is 23.5 Å². The molecule has 0 unspecified atom stereocenters. The van der Waals surface area contributed by atoms with Gasteiger partial charge in [-0.25, -0.2) is 9.78 Å². The number of hydrogen-bond acceptors (Lipinski definition) is 2. The van der Waals surface area contributed by atoms with Gasteiger partial charge in [-0.2, -0.15) is 0 Å². The molecule has 0 N–H and O–H groups in total. The molecule has 0 bridgehead atoms. The summed E-state index contributed by atoms with van der Waals surface area (Å²) in [7, 11) is 1.85. The van der Waals surface area contributed by atoms with Crippen molar-refractivity contribution in [1.82, 2.24) is 9.88 Å². The Bertz CT molecular complexity index is 815. The molecular weight excluding hydrogens is 286 g/mol. The number of fused-ring (bicyclic) bond motifs is 1. The summed E-state index contributed by atoms with van der Waals surface area (Å²) in [5, 5.41) is 0. The Kier molecular flexibility index (Phi) is 2.92. The molecule has 0 atom stereocenters. The molecular formula is C19H17N3O. The maximum atomic E-state index is 12.2. The molecule has 23 heavy (non-hydrogen) atoms. The van der Waals surface area contributed by atoms with Crippen LogP contribution < -0.4 is 4.90 Å². The molecule has 2 fully saturated rings. The Morgan fingerprint density at radius 2 is 1.96 bits per heavy atom. The number of carbonyl (C=O) groups is 1. The highest BCUT2D eigenvalue weighted by Gasteiger charge is 2.56. The van der Waals surface area contributed by atoms with Gasteiger partial charge in [-0.1, -0.05) is 24.1 Å². The fourth-order valence-corrected chi connectivity index (χ4v) is 3.06. The minimum Gasteiger partial charge on any atom is -0.320 e. The van der Waals surface area contributed by atoms with E-state index in [1.807, 2.05) is 18.0 Å². The summed E-state index contributed by atoms with van der Waals surface area (Å²) in [6.07, 6.45) is 9.25. The second kappa shape index (κ2) is 4.85.